The number of anilines is 1. The smallest absolute Gasteiger partial charge is 0.244 e. The summed E-state index contributed by atoms with van der Waals surface area (Å²) in [4.78, 5) is 25.0. The average Bonchev–Trinajstić information content (AvgIpc) is 2.52. The molecule has 2 amide bonds. The number of hydrogen-bond acceptors (Lipinski definition) is 2. The summed E-state index contributed by atoms with van der Waals surface area (Å²) in [5.74, 6) is -2.79. The number of benzene rings is 2. The van der Waals surface area contributed by atoms with Crippen LogP contribution in [0.15, 0.2) is 42.5 Å². The van der Waals surface area contributed by atoms with E-state index in [4.69, 9.17) is 11.6 Å². The lowest BCUT2D eigenvalue weighted by Gasteiger charge is -2.21. The summed E-state index contributed by atoms with van der Waals surface area (Å²) in [6.07, 6.45) is 0. The molecule has 4 nitrogen and oxygen atoms in total. The van der Waals surface area contributed by atoms with Gasteiger partial charge >= 0.3 is 0 Å². The van der Waals surface area contributed by atoms with E-state index in [1.807, 2.05) is 0 Å². The third-order valence-corrected chi connectivity index (χ3v) is 3.55. The lowest BCUT2D eigenvalue weighted by atomic mass is 10.2. The van der Waals surface area contributed by atoms with Gasteiger partial charge in [0.25, 0.3) is 0 Å². The van der Waals surface area contributed by atoms with Crippen LogP contribution >= 0.6 is 11.6 Å². The zero-order chi connectivity index (χ0) is 17.7. The number of nitrogens with zero attached hydrogens (tertiary/aromatic N) is 1. The van der Waals surface area contributed by atoms with Gasteiger partial charge in [-0.25, -0.2) is 8.78 Å². The van der Waals surface area contributed by atoms with E-state index in [1.54, 1.807) is 24.3 Å². The van der Waals surface area contributed by atoms with Gasteiger partial charge in [-0.2, -0.15) is 0 Å². The van der Waals surface area contributed by atoms with Crippen LogP contribution in [0.25, 0.3) is 0 Å². The Bertz CT molecular complexity index is 731. The Morgan fingerprint density at radius 2 is 1.67 bits per heavy atom. The highest BCUT2D eigenvalue weighted by Gasteiger charge is 2.17. The second-order valence-corrected chi connectivity index (χ2v) is 5.58. The lowest BCUT2D eigenvalue weighted by Crippen LogP contribution is -2.36. The van der Waals surface area contributed by atoms with Gasteiger partial charge in [0.2, 0.25) is 11.8 Å². The lowest BCUT2D eigenvalue weighted by molar-refractivity contribution is -0.133. The van der Waals surface area contributed by atoms with Crippen molar-refractivity contribution in [3.8, 4) is 0 Å². The molecule has 0 aromatic heterocycles. The molecule has 2 aromatic carbocycles. The number of carbonyl (C=O) groups excluding carboxylic acids is 2. The molecule has 0 aliphatic heterocycles. The number of hydrogen-bond donors (Lipinski definition) is 1. The van der Waals surface area contributed by atoms with Crippen molar-refractivity contribution in [3.63, 3.8) is 0 Å². The van der Waals surface area contributed by atoms with Crippen LogP contribution in [0.1, 0.15) is 12.5 Å². The van der Waals surface area contributed by atoms with Gasteiger partial charge in [0.1, 0.15) is 23.9 Å². The van der Waals surface area contributed by atoms with E-state index in [0.717, 1.165) is 17.7 Å². The first kappa shape index (κ1) is 17.9. The Kier molecular flexibility index (Phi) is 5.87. The molecule has 0 spiro atoms. The number of nitrogens with one attached hydrogen (secondary N) is 1. The van der Waals surface area contributed by atoms with Crippen molar-refractivity contribution in [3.05, 3.63) is 64.7 Å². The minimum absolute atomic E-state index is 0.180. The summed E-state index contributed by atoms with van der Waals surface area (Å²) in [6, 6.07) is 10.1. The molecular formula is C17H15ClF2N2O2. The monoisotopic (exact) mass is 352 g/mol. The topological polar surface area (TPSA) is 49.4 Å². The SMILES string of the molecule is CC(=O)N(CC(=O)Nc1c(F)cccc1F)Cc1ccc(Cl)cc1. The van der Waals surface area contributed by atoms with Gasteiger partial charge in [-0.1, -0.05) is 29.8 Å². The number of rotatable bonds is 5. The van der Waals surface area contributed by atoms with Gasteiger partial charge in [0, 0.05) is 18.5 Å². The van der Waals surface area contributed by atoms with Crippen LogP contribution in [0, 0.1) is 11.6 Å². The molecule has 0 saturated heterocycles. The number of amides is 2. The third kappa shape index (κ3) is 4.76. The van der Waals surface area contributed by atoms with E-state index in [0.29, 0.717) is 5.02 Å². The van der Waals surface area contributed by atoms with E-state index in [2.05, 4.69) is 5.32 Å². The number of carbonyl (C=O) groups is 2. The number of para-hydroxylation sites is 1. The predicted molar refractivity (Wildman–Crippen MR) is 87.5 cm³/mol. The fourth-order valence-electron chi connectivity index (χ4n) is 2.06. The Morgan fingerprint density at radius 1 is 1.08 bits per heavy atom. The molecule has 0 unspecified atom stereocenters. The maximum Gasteiger partial charge on any atom is 0.244 e. The minimum atomic E-state index is -0.879. The predicted octanol–water partition coefficient (Wildman–Crippen LogP) is 3.61. The molecule has 1 N–H and O–H groups in total. The summed E-state index contributed by atoms with van der Waals surface area (Å²) < 4.78 is 27.1. The van der Waals surface area contributed by atoms with Gasteiger partial charge in [-0.15, -0.1) is 0 Å². The molecule has 0 saturated carbocycles. The highest BCUT2D eigenvalue weighted by molar-refractivity contribution is 6.30. The van der Waals surface area contributed by atoms with Gasteiger partial charge in [0.05, 0.1) is 0 Å². The van der Waals surface area contributed by atoms with Crippen LogP contribution in [0.5, 0.6) is 0 Å². The van der Waals surface area contributed by atoms with Gasteiger partial charge in [0.15, 0.2) is 0 Å². The number of halogens is 3. The van der Waals surface area contributed by atoms with E-state index in [1.165, 1.54) is 17.9 Å². The van der Waals surface area contributed by atoms with Crippen molar-refractivity contribution in [2.75, 3.05) is 11.9 Å². The van der Waals surface area contributed by atoms with Gasteiger partial charge < -0.3 is 10.2 Å². The minimum Gasteiger partial charge on any atom is -0.329 e. The molecular weight excluding hydrogens is 338 g/mol. The average molecular weight is 353 g/mol. The van der Waals surface area contributed by atoms with Crippen LogP contribution in [-0.2, 0) is 16.1 Å². The largest absolute Gasteiger partial charge is 0.329 e. The Labute approximate surface area is 143 Å². The second-order valence-electron chi connectivity index (χ2n) is 5.15. The molecule has 0 atom stereocenters. The summed E-state index contributed by atoms with van der Waals surface area (Å²) >= 11 is 5.80. The molecule has 0 fully saturated rings. The fourth-order valence-corrected chi connectivity index (χ4v) is 2.18. The molecule has 0 bridgehead atoms. The second kappa shape index (κ2) is 7.88. The molecule has 7 heteroatoms. The molecule has 0 heterocycles. The maximum absolute atomic E-state index is 13.5. The summed E-state index contributed by atoms with van der Waals surface area (Å²) in [5, 5.41) is 2.71. The van der Waals surface area contributed by atoms with Crippen molar-refractivity contribution in [1.82, 2.24) is 4.90 Å². The van der Waals surface area contributed by atoms with Crippen molar-refractivity contribution in [2.24, 2.45) is 0 Å². The zero-order valence-corrected chi connectivity index (χ0v) is 13.6. The first-order valence-electron chi connectivity index (χ1n) is 7.10. The highest BCUT2D eigenvalue weighted by Crippen LogP contribution is 2.18. The van der Waals surface area contributed by atoms with E-state index in [9.17, 15) is 18.4 Å². The molecule has 0 aliphatic rings. The quantitative estimate of drug-likeness (QED) is 0.893. The van der Waals surface area contributed by atoms with Crippen LogP contribution < -0.4 is 5.32 Å². The maximum atomic E-state index is 13.5. The first-order valence-corrected chi connectivity index (χ1v) is 7.48. The van der Waals surface area contributed by atoms with Crippen LogP contribution in [0.3, 0.4) is 0 Å². The Morgan fingerprint density at radius 3 is 2.21 bits per heavy atom. The van der Waals surface area contributed by atoms with E-state index < -0.39 is 23.2 Å². The molecule has 0 aliphatic carbocycles. The van der Waals surface area contributed by atoms with Gasteiger partial charge in [-0.3, -0.25) is 9.59 Å². The standard InChI is InChI=1S/C17H15ClF2N2O2/c1-11(23)22(9-12-5-7-13(18)8-6-12)10-16(24)21-17-14(19)3-2-4-15(17)20/h2-8H,9-10H2,1H3,(H,21,24). The molecule has 126 valence electrons. The zero-order valence-electron chi connectivity index (χ0n) is 12.9. The summed E-state index contributed by atoms with van der Waals surface area (Å²) in [5.41, 5.74) is 0.247. The normalized spacial score (nSPS) is 10.3. The molecule has 2 rings (SSSR count). The van der Waals surface area contributed by atoms with Crippen molar-refractivity contribution in [1.29, 1.82) is 0 Å². The first-order chi connectivity index (χ1) is 11.4. The fraction of sp³-hybridized carbons (Fsp3) is 0.176. The van der Waals surface area contributed by atoms with Crippen LogP contribution in [0.4, 0.5) is 14.5 Å². The Hall–Kier alpha value is -2.47. The summed E-state index contributed by atoms with van der Waals surface area (Å²) in [6.45, 7) is 1.16. The summed E-state index contributed by atoms with van der Waals surface area (Å²) in [7, 11) is 0. The van der Waals surface area contributed by atoms with Crippen LogP contribution in [-0.4, -0.2) is 23.3 Å². The molecule has 0 radical (unpaired) electrons. The van der Waals surface area contributed by atoms with Crippen LogP contribution in [0.2, 0.25) is 5.02 Å². The van der Waals surface area contributed by atoms with E-state index >= 15 is 0 Å². The van der Waals surface area contributed by atoms with E-state index in [-0.39, 0.29) is 19.0 Å². The third-order valence-electron chi connectivity index (χ3n) is 3.29. The molecule has 24 heavy (non-hydrogen) atoms. The van der Waals surface area contributed by atoms with Gasteiger partial charge in [-0.05, 0) is 29.8 Å². The van der Waals surface area contributed by atoms with Crippen molar-refractivity contribution >= 4 is 29.1 Å². The van der Waals surface area contributed by atoms with Crippen molar-refractivity contribution in [2.45, 2.75) is 13.5 Å². The molecule has 2 aromatic rings. The van der Waals surface area contributed by atoms with Crippen molar-refractivity contribution < 1.29 is 18.4 Å². The highest BCUT2D eigenvalue weighted by atomic mass is 35.5. The Balaban J connectivity index is 2.06.